The zero-order valence-corrected chi connectivity index (χ0v) is 12.7. The molecule has 0 N–H and O–H groups in total. The molecular formula is C12H13Br2ClO. The fourth-order valence-electron chi connectivity index (χ4n) is 1.37. The molecule has 1 aromatic rings. The van der Waals surface area contributed by atoms with E-state index in [0.717, 1.165) is 29.1 Å². The topological polar surface area (TPSA) is 17.1 Å². The van der Waals surface area contributed by atoms with Crippen LogP contribution < -0.4 is 0 Å². The lowest BCUT2D eigenvalue weighted by Gasteiger charge is -2.02. The molecule has 0 aliphatic carbocycles. The van der Waals surface area contributed by atoms with Crippen molar-refractivity contribution in [2.24, 2.45) is 0 Å². The predicted octanol–water partition coefficient (Wildman–Crippen LogP) is 5.24. The Balaban J connectivity index is 2.50. The molecule has 4 heteroatoms. The molecule has 0 saturated heterocycles. The molecule has 0 fully saturated rings. The molecule has 1 aromatic carbocycles. The summed E-state index contributed by atoms with van der Waals surface area (Å²) in [4.78, 5) is 11.8. The first-order chi connectivity index (χ1) is 7.65. The fourth-order valence-corrected chi connectivity index (χ4v) is 2.19. The molecule has 0 amide bonds. The van der Waals surface area contributed by atoms with E-state index in [1.807, 2.05) is 12.1 Å². The number of hydrogen-bond donors (Lipinski definition) is 0. The number of ketones is 1. The van der Waals surface area contributed by atoms with E-state index in [-0.39, 0.29) is 5.78 Å². The molecule has 0 aliphatic rings. The first-order valence-corrected chi connectivity index (χ1v) is 7.48. The summed E-state index contributed by atoms with van der Waals surface area (Å²) < 4.78 is 0.824. The molecule has 1 rings (SSSR count). The zero-order chi connectivity index (χ0) is 12.0. The molecule has 0 unspecified atom stereocenters. The van der Waals surface area contributed by atoms with Gasteiger partial charge in [-0.05, 0) is 40.9 Å². The summed E-state index contributed by atoms with van der Waals surface area (Å²) in [6, 6.07) is 5.34. The maximum atomic E-state index is 11.8. The molecule has 0 aliphatic heterocycles. The minimum atomic E-state index is 0.170. The summed E-state index contributed by atoms with van der Waals surface area (Å²) in [5.41, 5.74) is 0.701. The van der Waals surface area contributed by atoms with E-state index in [2.05, 4.69) is 31.9 Å². The van der Waals surface area contributed by atoms with Crippen molar-refractivity contribution in [3.05, 3.63) is 33.3 Å². The van der Waals surface area contributed by atoms with Crippen molar-refractivity contribution in [1.82, 2.24) is 0 Å². The normalized spacial score (nSPS) is 10.4. The molecule has 0 radical (unpaired) electrons. The van der Waals surface area contributed by atoms with Gasteiger partial charge in [-0.25, -0.2) is 0 Å². The van der Waals surface area contributed by atoms with Gasteiger partial charge in [0, 0.05) is 21.8 Å². The molecule has 0 spiro atoms. The average molecular weight is 368 g/mol. The number of halogens is 3. The summed E-state index contributed by atoms with van der Waals surface area (Å²) in [7, 11) is 0. The van der Waals surface area contributed by atoms with Crippen molar-refractivity contribution >= 4 is 49.2 Å². The van der Waals surface area contributed by atoms with Crippen LogP contribution in [-0.4, -0.2) is 11.1 Å². The van der Waals surface area contributed by atoms with Crippen molar-refractivity contribution in [1.29, 1.82) is 0 Å². The lowest BCUT2D eigenvalue weighted by molar-refractivity contribution is 0.0979. The number of benzene rings is 1. The molecular weight excluding hydrogens is 355 g/mol. The van der Waals surface area contributed by atoms with Crippen molar-refractivity contribution in [3.8, 4) is 0 Å². The maximum Gasteiger partial charge on any atom is 0.162 e. The lowest BCUT2D eigenvalue weighted by Crippen LogP contribution is -1.98. The SMILES string of the molecule is O=C(CCCCCBr)c1ccc(Br)c(Cl)c1. The minimum absolute atomic E-state index is 0.170. The van der Waals surface area contributed by atoms with E-state index in [9.17, 15) is 4.79 Å². The van der Waals surface area contributed by atoms with Gasteiger partial charge in [-0.1, -0.05) is 40.0 Å². The number of Topliss-reactive ketones (excluding diaryl/α,β-unsaturated/α-hetero) is 1. The summed E-state index contributed by atoms with van der Waals surface area (Å²) >= 11 is 12.6. The van der Waals surface area contributed by atoms with Crippen LogP contribution in [-0.2, 0) is 0 Å². The van der Waals surface area contributed by atoms with Crippen LogP contribution in [0.4, 0.5) is 0 Å². The Labute approximate surface area is 118 Å². The Morgan fingerprint density at radius 1 is 1.25 bits per heavy atom. The second-order valence-corrected chi connectivity index (χ2v) is 5.61. The lowest BCUT2D eigenvalue weighted by atomic mass is 10.1. The molecule has 0 saturated carbocycles. The van der Waals surface area contributed by atoms with E-state index in [1.165, 1.54) is 0 Å². The maximum absolute atomic E-state index is 11.8. The highest BCUT2D eigenvalue weighted by molar-refractivity contribution is 9.10. The van der Waals surface area contributed by atoms with Crippen molar-refractivity contribution in [2.45, 2.75) is 25.7 Å². The third-order valence-corrected chi connectivity index (χ3v) is 4.07. The third kappa shape index (κ3) is 4.56. The molecule has 16 heavy (non-hydrogen) atoms. The Morgan fingerprint density at radius 3 is 2.62 bits per heavy atom. The zero-order valence-electron chi connectivity index (χ0n) is 8.81. The second-order valence-electron chi connectivity index (χ2n) is 3.55. The molecule has 0 atom stereocenters. The van der Waals surface area contributed by atoms with Gasteiger partial charge in [-0.3, -0.25) is 4.79 Å². The number of unbranched alkanes of at least 4 members (excludes halogenated alkanes) is 2. The van der Waals surface area contributed by atoms with E-state index >= 15 is 0 Å². The van der Waals surface area contributed by atoms with Crippen LogP contribution in [0.2, 0.25) is 5.02 Å². The van der Waals surface area contributed by atoms with E-state index in [1.54, 1.807) is 6.07 Å². The second kappa shape index (κ2) is 7.46. The van der Waals surface area contributed by atoms with Gasteiger partial charge in [-0.2, -0.15) is 0 Å². The van der Waals surface area contributed by atoms with Gasteiger partial charge in [0.1, 0.15) is 0 Å². The van der Waals surface area contributed by atoms with Gasteiger partial charge < -0.3 is 0 Å². The van der Waals surface area contributed by atoms with Crippen LogP contribution in [0, 0.1) is 0 Å². The van der Waals surface area contributed by atoms with Gasteiger partial charge in [0.2, 0.25) is 0 Å². The Kier molecular flexibility index (Phi) is 6.62. The summed E-state index contributed by atoms with van der Waals surface area (Å²) in [6.45, 7) is 0. The summed E-state index contributed by atoms with van der Waals surface area (Å²) in [6.07, 6.45) is 3.75. The van der Waals surface area contributed by atoms with Gasteiger partial charge in [0.05, 0.1) is 5.02 Å². The predicted molar refractivity (Wildman–Crippen MR) is 75.7 cm³/mol. The number of carbonyl (C=O) groups is 1. The average Bonchev–Trinajstić information content (AvgIpc) is 2.28. The first kappa shape index (κ1) is 14.2. The fraction of sp³-hybridized carbons (Fsp3) is 0.417. The minimum Gasteiger partial charge on any atom is -0.294 e. The summed E-state index contributed by atoms with van der Waals surface area (Å²) in [5.74, 6) is 0.170. The molecule has 0 bridgehead atoms. The van der Waals surface area contributed by atoms with Crippen LogP contribution in [0.25, 0.3) is 0 Å². The smallest absolute Gasteiger partial charge is 0.162 e. The first-order valence-electron chi connectivity index (χ1n) is 5.19. The summed E-state index contributed by atoms with van der Waals surface area (Å²) in [5, 5.41) is 1.59. The van der Waals surface area contributed by atoms with E-state index in [4.69, 9.17) is 11.6 Å². The number of hydrogen-bond acceptors (Lipinski definition) is 1. The Morgan fingerprint density at radius 2 is 2.00 bits per heavy atom. The van der Waals surface area contributed by atoms with Crippen molar-refractivity contribution in [2.75, 3.05) is 5.33 Å². The van der Waals surface area contributed by atoms with Crippen LogP contribution in [0.1, 0.15) is 36.0 Å². The van der Waals surface area contributed by atoms with Crippen molar-refractivity contribution in [3.63, 3.8) is 0 Å². The Bertz CT molecular complexity index is 366. The number of carbonyl (C=O) groups excluding carboxylic acids is 1. The highest BCUT2D eigenvalue weighted by atomic mass is 79.9. The van der Waals surface area contributed by atoms with Gasteiger partial charge in [0.15, 0.2) is 5.78 Å². The standard InChI is InChI=1S/C12H13Br2ClO/c13-7-3-1-2-4-12(16)9-5-6-10(14)11(15)8-9/h5-6,8H,1-4,7H2. The van der Waals surface area contributed by atoms with Crippen LogP contribution in [0.5, 0.6) is 0 Å². The van der Waals surface area contributed by atoms with Crippen LogP contribution in [0.15, 0.2) is 22.7 Å². The monoisotopic (exact) mass is 366 g/mol. The highest BCUT2D eigenvalue weighted by Crippen LogP contribution is 2.24. The molecule has 0 heterocycles. The third-order valence-electron chi connectivity index (χ3n) is 2.28. The highest BCUT2D eigenvalue weighted by Gasteiger charge is 2.07. The largest absolute Gasteiger partial charge is 0.294 e. The molecule has 0 aromatic heterocycles. The van der Waals surface area contributed by atoms with E-state index < -0.39 is 0 Å². The van der Waals surface area contributed by atoms with Crippen LogP contribution in [0.3, 0.4) is 0 Å². The number of rotatable bonds is 6. The van der Waals surface area contributed by atoms with Gasteiger partial charge >= 0.3 is 0 Å². The molecule has 1 nitrogen and oxygen atoms in total. The van der Waals surface area contributed by atoms with E-state index in [0.29, 0.717) is 17.0 Å². The molecule has 88 valence electrons. The van der Waals surface area contributed by atoms with Gasteiger partial charge in [-0.15, -0.1) is 0 Å². The van der Waals surface area contributed by atoms with Crippen LogP contribution >= 0.6 is 43.5 Å². The van der Waals surface area contributed by atoms with Crippen molar-refractivity contribution < 1.29 is 4.79 Å². The van der Waals surface area contributed by atoms with Gasteiger partial charge in [0.25, 0.3) is 0 Å². The Hall–Kier alpha value is 0.140. The number of alkyl halides is 1. The quantitative estimate of drug-likeness (QED) is 0.381.